The summed E-state index contributed by atoms with van der Waals surface area (Å²) in [5, 5.41) is 18.2. The average molecular weight is 369 g/mol. The monoisotopic (exact) mass is 368 g/mol. The molecule has 0 bridgehead atoms. The second-order valence-electron chi connectivity index (χ2n) is 6.65. The van der Waals surface area contributed by atoms with Crippen LogP contribution in [0, 0.1) is 12.8 Å². The fourth-order valence-electron chi connectivity index (χ4n) is 2.80. The van der Waals surface area contributed by atoms with Crippen LogP contribution in [0.3, 0.4) is 0 Å². The molecule has 0 spiro atoms. The zero-order valence-corrected chi connectivity index (χ0v) is 16.3. The van der Waals surface area contributed by atoms with Crippen molar-refractivity contribution in [1.82, 2.24) is 4.90 Å². The normalized spacial score (nSPS) is 14.1. The van der Waals surface area contributed by atoms with Crippen molar-refractivity contribution in [3.63, 3.8) is 0 Å². The molecule has 0 radical (unpaired) electrons. The topological polar surface area (TPSA) is 56.2 Å². The largest absolute Gasteiger partial charge is 0.491 e. The van der Waals surface area contributed by atoms with Crippen LogP contribution in [0.4, 0.5) is 5.69 Å². The molecule has 1 aliphatic carbocycles. The van der Waals surface area contributed by atoms with Crippen molar-refractivity contribution < 1.29 is 14.9 Å². The minimum atomic E-state index is 0.128. The molecular formula is C19H32N2O3S. The third kappa shape index (κ3) is 7.05. The Morgan fingerprint density at radius 3 is 2.44 bits per heavy atom. The molecule has 0 aliphatic heterocycles. The third-order valence-electron chi connectivity index (χ3n) is 4.44. The lowest BCUT2D eigenvalue weighted by Gasteiger charge is -2.26. The summed E-state index contributed by atoms with van der Waals surface area (Å²) in [7, 11) is 0. The van der Waals surface area contributed by atoms with Crippen molar-refractivity contribution in [1.29, 1.82) is 0 Å². The van der Waals surface area contributed by atoms with Crippen LogP contribution in [-0.2, 0) is 0 Å². The van der Waals surface area contributed by atoms with E-state index in [4.69, 9.17) is 14.9 Å². The molecule has 25 heavy (non-hydrogen) atoms. The van der Waals surface area contributed by atoms with E-state index >= 15 is 0 Å². The first kappa shape index (κ1) is 20.4. The zero-order valence-electron chi connectivity index (χ0n) is 15.5. The SMILES string of the molecule is CSN(CCCN(CCO)CCO)c1ccc(C)cc1OCC1CC1. The average Bonchev–Trinajstić information content (AvgIpc) is 3.42. The van der Waals surface area contributed by atoms with E-state index in [1.807, 2.05) is 0 Å². The van der Waals surface area contributed by atoms with Gasteiger partial charge in [-0.3, -0.25) is 4.90 Å². The van der Waals surface area contributed by atoms with Gasteiger partial charge < -0.3 is 19.3 Å². The number of aryl methyl sites for hydroxylation is 1. The van der Waals surface area contributed by atoms with Gasteiger partial charge in [-0.1, -0.05) is 18.0 Å². The maximum absolute atomic E-state index is 9.11. The smallest absolute Gasteiger partial charge is 0.143 e. The Hall–Kier alpha value is -0.950. The lowest BCUT2D eigenvalue weighted by molar-refractivity contribution is 0.160. The van der Waals surface area contributed by atoms with Gasteiger partial charge in [-0.2, -0.15) is 0 Å². The highest BCUT2D eigenvalue weighted by Gasteiger charge is 2.23. The molecule has 142 valence electrons. The van der Waals surface area contributed by atoms with Crippen molar-refractivity contribution in [2.75, 3.05) is 56.6 Å². The fourth-order valence-corrected chi connectivity index (χ4v) is 3.46. The molecule has 5 nitrogen and oxygen atoms in total. The van der Waals surface area contributed by atoms with Crippen LogP contribution in [0.5, 0.6) is 5.75 Å². The lowest BCUT2D eigenvalue weighted by atomic mass is 10.2. The fraction of sp³-hybridized carbons (Fsp3) is 0.684. The molecule has 1 aliphatic rings. The number of aliphatic hydroxyl groups excluding tert-OH is 2. The van der Waals surface area contributed by atoms with Gasteiger partial charge in [0.1, 0.15) is 5.75 Å². The highest BCUT2D eigenvalue weighted by Crippen LogP contribution is 2.35. The van der Waals surface area contributed by atoms with E-state index in [1.165, 1.54) is 18.4 Å². The molecule has 6 heteroatoms. The number of ether oxygens (including phenoxy) is 1. The Morgan fingerprint density at radius 2 is 1.84 bits per heavy atom. The van der Waals surface area contributed by atoms with Gasteiger partial charge in [-0.25, -0.2) is 0 Å². The van der Waals surface area contributed by atoms with E-state index in [0.717, 1.165) is 43.5 Å². The van der Waals surface area contributed by atoms with Crippen LogP contribution in [0.1, 0.15) is 24.8 Å². The highest BCUT2D eigenvalue weighted by molar-refractivity contribution is 7.99. The molecule has 1 aromatic carbocycles. The van der Waals surface area contributed by atoms with Gasteiger partial charge in [0.25, 0.3) is 0 Å². The maximum atomic E-state index is 9.11. The summed E-state index contributed by atoms with van der Waals surface area (Å²) in [5.74, 6) is 1.71. The first-order valence-corrected chi connectivity index (χ1v) is 10.3. The highest BCUT2D eigenvalue weighted by atomic mass is 32.2. The van der Waals surface area contributed by atoms with E-state index in [9.17, 15) is 0 Å². The third-order valence-corrected chi connectivity index (χ3v) is 5.26. The lowest BCUT2D eigenvalue weighted by Crippen LogP contribution is -2.32. The Labute approximate surface area is 156 Å². The van der Waals surface area contributed by atoms with Crippen molar-refractivity contribution in [2.45, 2.75) is 26.2 Å². The number of anilines is 1. The van der Waals surface area contributed by atoms with Crippen molar-refractivity contribution in [2.24, 2.45) is 5.92 Å². The number of rotatable bonds is 13. The molecule has 1 aromatic rings. The van der Waals surface area contributed by atoms with Crippen LogP contribution in [0.2, 0.25) is 0 Å². The molecular weight excluding hydrogens is 336 g/mol. The summed E-state index contributed by atoms with van der Waals surface area (Å²) in [6.07, 6.45) is 5.64. The number of hydrogen-bond donors (Lipinski definition) is 2. The summed E-state index contributed by atoms with van der Waals surface area (Å²) in [6, 6.07) is 6.41. The van der Waals surface area contributed by atoms with Gasteiger partial charge in [0, 0.05) is 32.4 Å². The van der Waals surface area contributed by atoms with E-state index in [1.54, 1.807) is 11.9 Å². The van der Waals surface area contributed by atoms with E-state index in [0.29, 0.717) is 13.1 Å². The maximum Gasteiger partial charge on any atom is 0.143 e. The molecule has 0 atom stereocenters. The Kier molecular flexibility index (Phi) is 8.89. The second-order valence-corrected chi connectivity index (χ2v) is 7.46. The summed E-state index contributed by atoms with van der Waals surface area (Å²) in [6.45, 7) is 6.16. The molecule has 0 saturated heterocycles. The molecule has 1 saturated carbocycles. The van der Waals surface area contributed by atoms with Crippen LogP contribution in [-0.4, -0.2) is 67.4 Å². The van der Waals surface area contributed by atoms with E-state index < -0.39 is 0 Å². The van der Waals surface area contributed by atoms with Crippen molar-refractivity contribution in [3.05, 3.63) is 23.8 Å². The number of benzene rings is 1. The van der Waals surface area contributed by atoms with Crippen LogP contribution in [0.15, 0.2) is 18.2 Å². The molecule has 0 unspecified atom stereocenters. The molecule has 2 N–H and O–H groups in total. The van der Waals surface area contributed by atoms with Gasteiger partial charge in [0.05, 0.1) is 25.5 Å². The summed E-state index contributed by atoms with van der Waals surface area (Å²) < 4.78 is 8.37. The predicted molar refractivity (Wildman–Crippen MR) is 105 cm³/mol. The second kappa shape index (κ2) is 10.9. The van der Waals surface area contributed by atoms with Crippen molar-refractivity contribution in [3.8, 4) is 5.75 Å². The summed E-state index contributed by atoms with van der Waals surface area (Å²) in [4.78, 5) is 2.10. The number of hydrogen-bond acceptors (Lipinski definition) is 6. The van der Waals surface area contributed by atoms with Gasteiger partial charge in [-0.05, 0) is 49.8 Å². The Balaban J connectivity index is 1.93. The summed E-state index contributed by atoms with van der Waals surface area (Å²) >= 11 is 1.71. The van der Waals surface area contributed by atoms with Crippen molar-refractivity contribution >= 4 is 17.6 Å². The summed E-state index contributed by atoms with van der Waals surface area (Å²) in [5.41, 5.74) is 2.35. The molecule has 2 rings (SSSR count). The van der Waals surface area contributed by atoms with E-state index in [2.05, 4.69) is 40.6 Å². The first-order chi connectivity index (χ1) is 12.2. The zero-order chi connectivity index (χ0) is 18.1. The van der Waals surface area contributed by atoms with Crippen LogP contribution < -0.4 is 9.04 Å². The van der Waals surface area contributed by atoms with E-state index in [-0.39, 0.29) is 13.2 Å². The molecule has 1 fully saturated rings. The quantitative estimate of drug-likeness (QED) is 0.522. The number of aliphatic hydroxyl groups is 2. The Morgan fingerprint density at radius 1 is 1.12 bits per heavy atom. The van der Waals surface area contributed by atoms with Gasteiger partial charge in [-0.15, -0.1) is 0 Å². The van der Waals surface area contributed by atoms with Gasteiger partial charge in [0.2, 0.25) is 0 Å². The van der Waals surface area contributed by atoms with Gasteiger partial charge >= 0.3 is 0 Å². The molecule has 0 heterocycles. The van der Waals surface area contributed by atoms with Crippen LogP contribution >= 0.6 is 11.9 Å². The van der Waals surface area contributed by atoms with Gasteiger partial charge in [0.15, 0.2) is 0 Å². The standard InChI is InChI=1S/C19H32N2O3S/c1-16-4-7-18(19(14-16)24-15-17-5-6-17)21(25-2)9-3-8-20(10-12-22)11-13-23/h4,7,14,17,22-23H,3,5-6,8-13,15H2,1-2H3. The minimum absolute atomic E-state index is 0.128. The predicted octanol–water partition coefficient (Wildman–Crippen LogP) is 2.54. The number of nitrogens with zero attached hydrogens (tertiary/aromatic N) is 2. The first-order valence-electron chi connectivity index (χ1n) is 9.17. The Bertz CT molecular complexity index is 505. The molecule has 0 aromatic heterocycles. The minimum Gasteiger partial charge on any atom is -0.491 e. The van der Waals surface area contributed by atoms with Crippen LogP contribution in [0.25, 0.3) is 0 Å². The molecule has 0 amide bonds.